The molecule has 5 heteroatoms. The topological polar surface area (TPSA) is 16.1 Å². The predicted octanol–water partition coefficient (Wildman–Crippen LogP) is 2.94. The van der Waals surface area contributed by atoms with Crippen LogP contribution in [-0.2, 0) is 6.42 Å². The maximum Gasteiger partial charge on any atom is 0.251 e. The van der Waals surface area contributed by atoms with Gasteiger partial charge < -0.3 is 4.90 Å². The second kappa shape index (κ2) is 4.04. The van der Waals surface area contributed by atoms with E-state index in [9.17, 15) is 8.78 Å². The zero-order chi connectivity index (χ0) is 10.9. The highest BCUT2D eigenvalue weighted by Crippen LogP contribution is 2.31. The molecule has 1 aliphatic rings. The Kier molecular flexibility index (Phi) is 2.91. The van der Waals surface area contributed by atoms with Gasteiger partial charge in [-0.25, -0.2) is 13.8 Å². The van der Waals surface area contributed by atoms with Crippen LogP contribution in [0, 0.1) is 0 Å². The molecule has 1 fully saturated rings. The molecule has 0 spiro atoms. The lowest BCUT2D eigenvalue weighted by Gasteiger charge is -2.31. The highest BCUT2D eigenvalue weighted by atomic mass is 32.1. The molecule has 1 saturated heterocycles. The number of halogens is 2. The molecule has 0 bridgehead atoms. The Morgan fingerprint density at radius 2 is 2.13 bits per heavy atom. The molecule has 2 heterocycles. The molecule has 0 unspecified atom stereocenters. The van der Waals surface area contributed by atoms with Crippen LogP contribution < -0.4 is 4.90 Å². The van der Waals surface area contributed by atoms with E-state index in [0.29, 0.717) is 13.1 Å². The lowest BCUT2D eigenvalue weighted by Crippen LogP contribution is -2.39. The summed E-state index contributed by atoms with van der Waals surface area (Å²) in [5.41, 5.74) is 1.05. The van der Waals surface area contributed by atoms with Crippen LogP contribution in [0.3, 0.4) is 0 Å². The highest BCUT2D eigenvalue weighted by molar-refractivity contribution is 7.13. The molecule has 15 heavy (non-hydrogen) atoms. The molecule has 0 radical (unpaired) electrons. The van der Waals surface area contributed by atoms with Gasteiger partial charge in [0.25, 0.3) is 5.92 Å². The Labute approximate surface area is 91.9 Å². The average Bonchev–Trinajstić information content (AvgIpc) is 2.66. The minimum atomic E-state index is -2.47. The number of nitrogens with zero attached hydrogens (tertiary/aromatic N) is 2. The zero-order valence-electron chi connectivity index (χ0n) is 8.67. The Hall–Kier alpha value is -0.710. The summed E-state index contributed by atoms with van der Waals surface area (Å²) in [6.45, 7) is 2.89. The Morgan fingerprint density at radius 3 is 2.67 bits per heavy atom. The third-order valence-corrected chi connectivity index (χ3v) is 3.62. The van der Waals surface area contributed by atoms with Gasteiger partial charge in [-0.3, -0.25) is 0 Å². The molecule has 0 atom stereocenters. The normalized spacial score (nSPS) is 20.6. The Balaban J connectivity index is 2.01. The monoisotopic (exact) mass is 232 g/mol. The fourth-order valence-corrected chi connectivity index (χ4v) is 2.59. The van der Waals surface area contributed by atoms with E-state index in [0.717, 1.165) is 17.2 Å². The van der Waals surface area contributed by atoms with Gasteiger partial charge in [-0.05, 0) is 6.42 Å². The van der Waals surface area contributed by atoms with Crippen molar-refractivity contribution < 1.29 is 8.78 Å². The van der Waals surface area contributed by atoms with Crippen LogP contribution in [0.2, 0.25) is 0 Å². The molecule has 0 aromatic carbocycles. The summed E-state index contributed by atoms with van der Waals surface area (Å²) in [7, 11) is 0. The lowest BCUT2D eigenvalue weighted by molar-refractivity contribution is -0.0220. The molecule has 0 N–H and O–H groups in total. The summed E-state index contributed by atoms with van der Waals surface area (Å²) in [6, 6.07) is 0. The van der Waals surface area contributed by atoms with Crippen LogP contribution in [0.25, 0.3) is 0 Å². The van der Waals surface area contributed by atoms with E-state index in [4.69, 9.17) is 0 Å². The number of thiazole rings is 1. The maximum atomic E-state index is 12.9. The number of hydrogen-bond acceptors (Lipinski definition) is 3. The summed E-state index contributed by atoms with van der Waals surface area (Å²) in [5.74, 6) is -2.47. The van der Waals surface area contributed by atoms with Crippen molar-refractivity contribution in [1.82, 2.24) is 4.98 Å². The van der Waals surface area contributed by atoms with Gasteiger partial charge >= 0.3 is 0 Å². The molecule has 84 valence electrons. The van der Waals surface area contributed by atoms with E-state index < -0.39 is 5.92 Å². The van der Waals surface area contributed by atoms with E-state index in [-0.39, 0.29) is 12.8 Å². The number of aromatic nitrogens is 1. The molecule has 2 nitrogen and oxygen atoms in total. The number of hydrogen-bond donors (Lipinski definition) is 0. The van der Waals surface area contributed by atoms with Crippen LogP contribution in [0.1, 0.15) is 25.5 Å². The first-order valence-corrected chi connectivity index (χ1v) is 6.06. The summed E-state index contributed by atoms with van der Waals surface area (Å²) >= 11 is 1.55. The average molecular weight is 232 g/mol. The van der Waals surface area contributed by atoms with E-state index in [1.807, 2.05) is 17.2 Å². The zero-order valence-corrected chi connectivity index (χ0v) is 9.49. The predicted molar refractivity (Wildman–Crippen MR) is 57.9 cm³/mol. The smallest absolute Gasteiger partial charge is 0.251 e. The van der Waals surface area contributed by atoms with Gasteiger partial charge in [-0.15, -0.1) is 11.3 Å². The number of piperidine rings is 1. The molecular formula is C10H14F2N2S. The second-order valence-electron chi connectivity index (χ2n) is 3.82. The summed E-state index contributed by atoms with van der Waals surface area (Å²) in [4.78, 5) is 6.36. The third kappa shape index (κ3) is 2.45. The van der Waals surface area contributed by atoms with Crippen molar-refractivity contribution in [2.45, 2.75) is 32.1 Å². The van der Waals surface area contributed by atoms with Gasteiger partial charge in [0.15, 0.2) is 5.13 Å². The fraction of sp³-hybridized carbons (Fsp3) is 0.700. The summed E-state index contributed by atoms with van der Waals surface area (Å²) in [6.07, 6.45) is 0.808. The molecule has 1 aromatic rings. The van der Waals surface area contributed by atoms with E-state index >= 15 is 0 Å². The van der Waals surface area contributed by atoms with Crippen molar-refractivity contribution in [1.29, 1.82) is 0 Å². The van der Waals surface area contributed by atoms with Gasteiger partial charge in [-0.1, -0.05) is 6.92 Å². The van der Waals surface area contributed by atoms with Gasteiger partial charge in [-0.2, -0.15) is 0 Å². The third-order valence-electron chi connectivity index (χ3n) is 2.67. The summed E-state index contributed by atoms with van der Waals surface area (Å²) in [5, 5.41) is 2.89. The standard InChI is InChI=1S/C10H14F2N2S/c1-2-8-7-15-9(13-8)14-5-3-10(11,12)4-6-14/h7H,2-6H2,1H3. The largest absolute Gasteiger partial charge is 0.348 e. The van der Waals surface area contributed by atoms with Gasteiger partial charge in [0.2, 0.25) is 0 Å². The van der Waals surface area contributed by atoms with Crippen LogP contribution in [0.4, 0.5) is 13.9 Å². The van der Waals surface area contributed by atoms with Gasteiger partial charge in [0.1, 0.15) is 0 Å². The van der Waals surface area contributed by atoms with Crippen molar-refractivity contribution in [2.24, 2.45) is 0 Å². The van der Waals surface area contributed by atoms with Crippen molar-refractivity contribution in [3.8, 4) is 0 Å². The Morgan fingerprint density at radius 1 is 1.47 bits per heavy atom. The van der Waals surface area contributed by atoms with E-state index in [2.05, 4.69) is 4.98 Å². The van der Waals surface area contributed by atoms with Gasteiger partial charge in [0.05, 0.1) is 5.69 Å². The van der Waals surface area contributed by atoms with Crippen LogP contribution in [-0.4, -0.2) is 24.0 Å². The maximum absolute atomic E-state index is 12.9. The molecular weight excluding hydrogens is 218 g/mol. The first kappa shape index (κ1) is 10.8. The first-order chi connectivity index (χ1) is 7.11. The van der Waals surface area contributed by atoms with Crippen molar-refractivity contribution in [3.05, 3.63) is 11.1 Å². The number of rotatable bonds is 2. The molecule has 1 aromatic heterocycles. The number of anilines is 1. The molecule has 1 aliphatic heterocycles. The fourth-order valence-electron chi connectivity index (χ4n) is 1.63. The van der Waals surface area contributed by atoms with Crippen molar-refractivity contribution in [3.63, 3.8) is 0 Å². The number of alkyl halides is 2. The van der Waals surface area contributed by atoms with Gasteiger partial charge in [0, 0.05) is 31.3 Å². The molecule has 0 aliphatic carbocycles. The minimum absolute atomic E-state index is 0.0476. The van der Waals surface area contributed by atoms with Crippen LogP contribution in [0.15, 0.2) is 5.38 Å². The minimum Gasteiger partial charge on any atom is -0.348 e. The SMILES string of the molecule is CCc1csc(N2CCC(F)(F)CC2)n1. The highest BCUT2D eigenvalue weighted by Gasteiger charge is 2.34. The quantitative estimate of drug-likeness (QED) is 0.779. The van der Waals surface area contributed by atoms with E-state index in [1.54, 1.807) is 11.3 Å². The molecule has 0 saturated carbocycles. The van der Waals surface area contributed by atoms with Crippen LogP contribution >= 0.6 is 11.3 Å². The van der Waals surface area contributed by atoms with Crippen molar-refractivity contribution >= 4 is 16.5 Å². The van der Waals surface area contributed by atoms with E-state index in [1.165, 1.54) is 0 Å². The van der Waals surface area contributed by atoms with Crippen molar-refractivity contribution in [2.75, 3.05) is 18.0 Å². The summed E-state index contributed by atoms with van der Waals surface area (Å²) < 4.78 is 25.8. The Bertz CT molecular complexity index is 328. The second-order valence-corrected chi connectivity index (χ2v) is 4.65. The van der Waals surface area contributed by atoms with Crippen LogP contribution in [0.5, 0.6) is 0 Å². The molecule has 0 amide bonds. The lowest BCUT2D eigenvalue weighted by atomic mass is 10.1. The molecule has 2 rings (SSSR count). The number of aryl methyl sites for hydroxylation is 1. The first-order valence-electron chi connectivity index (χ1n) is 5.18.